The number of aromatic amines is 1. The number of nitriles is 1. The number of hydrogen-bond donors (Lipinski definition) is 2. The molecule has 148 valence electrons. The SMILES string of the molecule is [C-]#[N+]c1cn2c(-c3cccc(NS(=O)Oc4cc(C)ccc4C)c3)n[nH]c2c1C#N. The zero-order valence-electron chi connectivity index (χ0n) is 16.1. The van der Waals surface area contributed by atoms with Crippen LogP contribution in [0.5, 0.6) is 5.75 Å². The molecule has 8 nitrogen and oxygen atoms in total. The van der Waals surface area contributed by atoms with Gasteiger partial charge in [-0.15, -0.1) is 0 Å². The van der Waals surface area contributed by atoms with Crippen LogP contribution in [0.2, 0.25) is 0 Å². The minimum atomic E-state index is -1.79. The second-order valence-electron chi connectivity index (χ2n) is 6.65. The largest absolute Gasteiger partial charge is 0.385 e. The number of aryl methyl sites for hydroxylation is 2. The molecule has 0 saturated heterocycles. The summed E-state index contributed by atoms with van der Waals surface area (Å²) in [6.07, 6.45) is 1.57. The summed E-state index contributed by atoms with van der Waals surface area (Å²) >= 11 is -1.79. The van der Waals surface area contributed by atoms with Gasteiger partial charge in [0.15, 0.2) is 5.82 Å². The number of fused-ring (bicyclic) bond motifs is 1. The Morgan fingerprint density at radius 2 is 2.13 bits per heavy atom. The molecule has 0 radical (unpaired) electrons. The summed E-state index contributed by atoms with van der Waals surface area (Å²) in [5.41, 5.74) is 4.15. The molecule has 4 aromatic rings. The Kier molecular flexibility index (Phi) is 4.97. The summed E-state index contributed by atoms with van der Waals surface area (Å²) in [4.78, 5) is 3.39. The van der Waals surface area contributed by atoms with Gasteiger partial charge in [-0.05, 0) is 43.2 Å². The lowest BCUT2D eigenvalue weighted by Crippen LogP contribution is -2.11. The summed E-state index contributed by atoms with van der Waals surface area (Å²) in [7, 11) is 0. The average Bonchev–Trinajstić information content (AvgIpc) is 3.29. The van der Waals surface area contributed by atoms with Crippen molar-refractivity contribution in [2.24, 2.45) is 0 Å². The highest BCUT2D eigenvalue weighted by Crippen LogP contribution is 2.29. The van der Waals surface area contributed by atoms with E-state index in [2.05, 4.69) is 19.8 Å². The third-order valence-corrected chi connectivity index (χ3v) is 5.28. The average molecular weight is 416 g/mol. The zero-order chi connectivity index (χ0) is 21.3. The number of nitrogens with zero attached hydrogens (tertiary/aromatic N) is 4. The number of nitrogens with one attached hydrogen (secondary N) is 2. The Labute approximate surface area is 175 Å². The second-order valence-corrected chi connectivity index (χ2v) is 7.49. The van der Waals surface area contributed by atoms with Gasteiger partial charge in [-0.2, -0.15) is 14.6 Å². The van der Waals surface area contributed by atoms with Crippen LogP contribution in [0.15, 0.2) is 48.7 Å². The first-order valence-corrected chi connectivity index (χ1v) is 9.99. The van der Waals surface area contributed by atoms with E-state index in [4.69, 9.17) is 10.8 Å². The molecule has 2 aromatic heterocycles. The summed E-state index contributed by atoms with van der Waals surface area (Å²) in [6.45, 7) is 11.1. The van der Waals surface area contributed by atoms with Crippen LogP contribution in [0.3, 0.4) is 0 Å². The lowest BCUT2D eigenvalue weighted by atomic mass is 10.1. The number of aromatic nitrogens is 3. The van der Waals surface area contributed by atoms with Gasteiger partial charge >= 0.3 is 11.3 Å². The Morgan fingerprint density at radius 1 is 1.30 bits per heavy atom. The summed E-state index contributed by atoms with van der Waals surface area (Å²) in [5, 5.41) is 16.4. The van der Waals surface area contributed by atoms with Crippen LogP contribution in [0.1, 0.15) is 16.7 Å². The molecule has 0 aliphatic carbocycles. The lowest BCUT2D eigenvalue weighted by Gasteiger charge is -2.10. The molecule has 2 heterocycles. The molecule has 1 atom stereocenters. The third-order valence-electron chi connectivity index (χ3n) is 4.54. The van der Waals surface area contributed by atoms with Gasteiger partial charge in [0.25, 0.3) is 0 Å². The van der Waals surface area contributed by atoms with E-state index >= 15 is 0 Å². The predicted octanol–water partition coefficient (Wildman–Crippen LogP) is 4.44. The third kappa shape index (κ3) is 3.50. The van der Waals surface area contributed by atoms with E-state index in [0.29, 0.717) is 28.5 Å². The fourth-order valence-electron chi connectivity index (χ4n) is 3.05. The summed E-state index contributed by atoms with van der Waals surface area (Å²) in [6, 6.07) is 14.9. The van der Waals surface area contributed by atoms with Crippen molar-refractivity contribution >= 4 is 28.3 Å². The highest BCUT2D eigenvalue weighted by molar-refractivity contribution is 7.81. The minimum Gasteiger partial charge on any atom is -0.385 e. The van der Waals surface area contributed by atoms with E-state index in [-0.39, 0.29) is 11.3 Å². The number of anilines is 1. The van der Waals surface area contributed by atoms with Gasteiger partial charge in [-0.3, -0.25) is 14.2 Å². The van der Waals surface area contributed by atoms with Gasteiger partial charge in [-0.25, -0.2) is 4.85 Å². The van der Waals surface area contributed by atoms with Crippen LogP contribution in [0.25, 0.3) is 21.9 Å². The van der Waals surface area contributed by atoms with Crippen LogP contribution in [0, 0.1) is 31.8 Å². The molecule has 0 bridgehead atoms. The van der Waals surface area contributed by atoms with Crippen molar-refractivity contribution in [1.82, 2.24) is 14.6 Å². The monoisotopic (exact) mass is 416 g/mol. The van der Waals surface area contributed by atoms with Crippen molar-refractivity contribution in [1.29, 1.82) is 5.26 Å². The van der Waals surface area contributed by atoms with E-state index in [1.807, 2.05) is 44.2 Å². The lowest BCUT2D eigenvalue weighted by molar-refractivity contribution is 0.563. The smallest absolute Gasteiger partial charge is 0.316 e. The van der Waals surface area contributed by atoms with Crippen LogP contribution < -0.4 is 8.91 Å². The molecule has 4 rings (SSSR count). The van der Waals surface area contributed by atoms with Gasteiger partial charge in [-0.1, -0.05) is 24.3 Å². The van der Waals surface area contributed by atoms with Crippen LogP contribution >= 0.6 is 0 Å². The van der Waals surface area contributed by atoms with Crippen molar-refractivity contribution in [2.75, 3.05) is 4.72 Å². The molecule has 0 amide bonds. The molecule has 2 aromatic carbocycles. The van der Waals surface area contributed by atoms with Gasteiger partial charge in [0, 0.05) is 11.8 Å². The Hall–Kier alpha value is -4.08. The summed E-state index contributed by atoms with van der Waals surface area (Å²) in [5.74, 6) is 1.08. The molecule has 0 aliphatic heterocycles. The number of benzene rings is 2. The molecule has 0 saturated carbocycles. The first-order chi connectivity index (χ1) is 14.5. The quantitative estimate of drug-likeness (QED) is 0.470. The van der Waals surface area contributed by atoms with Crippen molar-refractivity contribution < 1.29 is 8.39 Å². The molecule has 30 heavy (non-hydrogen) atoms. The standard InChI is InChI=1S/C21H16N6O2S/c1-13-7-8-14(2)19(9-13)29-30(28)26-16-6-4-5-15(10-16)20-24-25-21-17(11-22)18(23-3)12-27(20)21/h4-10,12,25-26H,1-2H3. The highest BCUT2D eigenvalue weighted by Gasteiger charge is 2.17. The Bertz CT molecular complexity index is 1370. The number of rotatable bonds is 5. The van der Waals surface area contributed by atoms with Crippen molar-refractivity contribution in [3.63, 3.8) is 0 Å². The Morgan fingerprint density at radius 3 is 2.90 bits per heavy atom. The first-order valence-electron chi connectivity index (χ1n) is 8.91. The highest BCUT2D eigenvalue weighted by atomic mass is 32.2. The molecule has 9 heteroatoms. The predicted molar refractivity (Wildman–Crippen MR) is 114 cm³/mol. The van der Waals surface area contributed by atoms with E-state index in [9.17, 15) is 9.47 Å². The molecule has 0 aliphatic rings. The molecular formula is C21H16N6O2S. The van der Waals surface area contributed by atoms with E-state index < -0.39 is 11.3 Å². The maximum atomic E-state index is 12.5. The number of hydrogen-bond acceptors (Lipinski definition) is 4. The maximum absolute atomic E-state index is 12.5. The zero-order valence-corrected chi connectivity index (χ0v) is 16.9. The van der Waals surface area contributed by atoms with Crippen molar-refractivity contribution in [3.05, 3.63) is 76.8 Å². The van der Waals surface area contributed by atoms with E-state index in [1.54, 1.807) is 28.8 Å². The molecule has 1 unspecified atom stereocenters. The first kappa shape index (κ1) is 19.2. The fraction of sp³-hybridized carbons (Fsp3) is 0.0952. The molecule has 0 spiro atoms. The van der Waals surface area contributed by atoms with Gasteiger partial charge in [0.2, 0.25) is 5.69 Å². The molecular weight excluding hydrogens is 400 g/mol. The van der Waals surface area contributed by atoms with Crippen LogP contribution in [-0.4, -0.2) is 18.8 Å². The topological polar surface area (TPSA) is 99.6 Å². The summed E-state index contributed by atoms with van der Waals surface area (Å²) < 4.78 is 22.5. The normalized spacial score (nSPS) is 11.6. The van der Waals surface area contributed by atoms with E-state index in [1.165, 1.54) is 0 Å². The van der Waals surface area contributed by atoms with Gasteiger partial charge < -0.3 is 4.18 Å². The van der Waals surface area contributed by atoms with Gasteiger partial charge in [0.1, 0.15) is 17.0 Å². The van der Waals surface area contributed by atoms with Crippen LogP contribution in [0.4, 0.5) is 11.4 Å². The fourth-order valence-corrected chi connectivity index (χ4v) is 3.75. The van der Waals surface area contributed by atoms with Crippen molar-refractivity contribution in [2.45, 2.75) is 13.8 Å². The minimum absolute atomic E-state index is 0.251. The number of H-pyrrole nitrogens is 1. The van der Waals surface area contributed by atoms with Crippen LogP contribution in [-0.2, 0) is 11.3 Å². The van der Waals surface area contributed by atoms with Crippen molar-refractivity contribution in [3.8, 4) is 23.2 Å². The maximum Gasteiger partial charge on any atom is 0.316 e. The molecule has 0 fully saturated rings. The Balaban J connectivity index is 1.61. The van der Waals surface area contributed by atoms with Gasteiger partial charge in [0.05, 0.1) is 18.3 Å². The molecule has 2 N–H and O–H groups in total. The second kappa shape index (κ2) is 7.74. The van der Waals surface area contributed by atoms with E-state index in [0.717, 1.165) is 11.1 Å².